The van der Waals surface area contributed by atoms with Crippen LogP contribution in [-0.2, 0) is 11.2 Å². The molecule has 0 bridgehead atoms. The maximum absolute atomic E-state index is 12.0. The third kappa shape index (κ3) is 4.12. The molecule has 2 atom stereocenters. The molecule has 2 aromatic rings. The van der Waals surface area contributed by atoms with Gasteiger partial charge < -0.3 is 11.1 Å². The van der Waals surface area contributed by atoms with Crippen molar-refractivity contribution in [3.63, 3.8) is 0 Å². The summed E-state index contributed by atoms with van der Waals surface area (Å²) in [7, 11) is 0. The van der Waals surface area contributed by atoms with Gasteiger partial charge in [0.1, 0.15) is 0 Å². The molecular weight excluding hydrogens is 308 g/mol. The van der Waals surface area contributed by atoms with Gasteiger partial charge in [0.2, 0.25) is 5.91 Å². The minimum Gasteiger partial charge on any atom is -0.326 e. The third-order valence-electron chi connectivity index (χ3n) is 4.58. The van der Waals surface area contributed by atoms with Crippen LogP contribution in [0.3, 0.4) is 0 Å². The summed E-state index contributed by atoms with van der Waals surface area (Å²) >= 11 is 0. The first-order valence-corrected chi connectivity index (χ1v) is 7.83. The zero-order valence-electron chi connectivity index (χ0n) is 13.3. The summed E-state index contributed by atoms with van der Waals surface area (Å²) in [6.45, 7) is 2.14. The fraction of sp³-hybridized carbons (Fsp3) is 0.316. The Morgan fingerprint density at radius 3 is 2.39 bits per heavy atom. The second-order valence-corrected chi connectivity index (χ2v) is 6.18. The van der Waals surface area contributed by atoms with Gasteiger partial charge in [-0.1, -0.05) is 49.4 Å². The lowest BCUT2D eigenvalue weighted by Crippen LogP contribution is -2.22. The standard InChI is InChI=1S/C19H22N2O.ClH/c1-2-19(20)13-17(19)15-8-10-16(11-9-15)21-18(22)12-14-6-4-3-5-7-14;/h3-11,17H,2,12-13,20H2,1H3,(H,21,22);1H/t17-,19-;/m0./s1. The molecule has 1 aliphatic carbocycles. The Morgan fingerprint density at radius 1 is 1.17 bits per heavy atom. The molecule has 3 rings (SSSR count). The average molecular weight is 331 g/mol. The van der Waals surface area contributed by atoms with Crippen LogP contribution >= 0.6 is 12.4 Å². The van der Waals surface area contributed by atoms with E-state index in [0.717, 1.165) is 24.1 Å². The highest BCUT2D eigenvalue weighted by molar-refractivity contribution is 5.92. The number of carbonyl (C=O) groups excluding carboxylic acids is 1. The van der Waals surface area contributed by atoms with Gasteiger partial charge in [0.05, 0.1) is 6.42 Å². The van der Waals surface area contributed by atoms with Gasteiger partial charge in [-0.25, -0.2) is 0 Å². The minimum absolute atomic E-state index is 0. The highest BCUT2D eigenvalue weighted by Crippen LogP contribution is 2.51. The molecule has 0 saturated heterocycles. The van der Waals surface area contributed by atoms with E-state index >= 15 is 0 Å². The molecular formula is C19H23ClN2O. The molecule has 1 aliphatic rings. The van der Waals surface area contributed by atoms with Crippen LogP contribution in [0.15, 0.2) is 54.6 Å². The Kier molecular flexibility index (Phi) is 5.45. The van der Waals surface area contributed by atoms with Crippen LogP contribution < -0.4 is 11.1 Å². The van der Waals surface area contributed by atoms with Crippen molar-refractivity contribution in [2.45, 2.75) is 37.6 Å². The number of rotatable bonds is 5. The number of nitrogens with one attached hydrogen (secondary N) is 1. The number of nitrogens with two attached hydrogens (primary N) is 1. The largest absolute Gasteiger partial charge is 0.326 e. The summed E-state index contributed by atoms with van der Waals surface area (Å²) in [6, 6.07) is 17.8. The predicted octanol–water partition coefficient (Wildman–Crippen LogP) is 3.88. The molecule has 4 heteroatoms. The van der Waals surface area contributed by atoms with Crippen molar-refractivity contribution in [2.24, 2.45) is 5.73 Å². The Hall–Kier alpha value is -1.84. The number of hydrogen-bond acceptors (Lipinski definition) is 2. The number of benzene rings is 2. The first-order chi connectivity index (χ1) is 10.6. The lowest BCUT2D eigenvalue weighted by atomic mass is 10.0. The summed E-state index contributed by atoms with van der Waals surface area (Å²) in [4.78, 5) is 12.0. The Morgan fingerprint density at radius 2 is 1.83 bits per heavy atom. The molecule has 1 fully saturated rings. The third-order valence-corrected chi connectivity index (χ3v) is 4.58. The number of carbonyl (C=O) groups is 1. The number of halogens is 1. The molecule has 0 heterocycles. The molecule has 2 aromatic carbocycles. The molecule has 3 N–H and O–H groups in total. The van der Waals surface area contributed by atoms with Crippen molar-refractivity contribution in [1.82, 2.24) is 0 Å². The SMILES string of the molecule is CC[C@]1(N)C[C@H]1c1ccc(NC(=O)Cc2ccccc2)cc1.Cl. The smallest absolute Gasteiger partial charge is 0.228 e. The highest BCUT2D eigenvalue weighted by Gasteiger charge is 2.49. The maximum atomic E-state index is 12.0. The van der Waals surface area contributed by atoms with Gasteiger partial charge in [-0.15, -0.1) is 12.4 Å². The topological polar surface area (TPSA) is 55.1 Å². The maximum Gasteiger partial charge on any atom is 0.228 e. The Balaban J connectivity index is 0.00000192. The highest BCUT2D eigenvalue weighted by atomic mass is 35.5. The summed E-state index contributed by atoms with van der Waals surface area (Å²) in [5.74, 6) is 0.471. The molecule has 3 nitrogen and oxygen atoms in total. The van der Waals surface area contributed by atoms with Crippen molar-refractivity contribution in [2.75, 3.05) is 5.32 Å². The van der Waals surface area contributed by atoms with E-state index in [9.17, 15) is 4.79 Å². The van der Waals surface area contributed by atoms with Crippen molar-refractivity contribution in [3.8, 4) is 0 Å². The quantitative estimate of drug-likeness (QED) is 0.874. The van der Waals surface area contributed by atoms with E-state index in [1.165, 1.54) is 5.56 Å². The van der Waals surface area contributed by atoms with E-state index in [1.807, 2.05) is 42.5 Å². The zero-order chi connectivity index (χ0) is 15.6. The molecule has 0 spiro atoms. The molecule has 0 aromatic heterocycles. The van der Waals surface area contributed by atoms with Gasteiger partial charge in [0, 0.05) is 17.1 Å². The first-order valence-electron chi connectivity index (χ1n) is 7.83. The van der Waals surface area contributed by atoms with Gasteiger partial charge in [-0.05, 0) is 36.1 Å². The van der Waals surface area contributed by atoms with Crippen LogP contribution in [0.25, 0.3) is 0 Å². The second kappa shape index (κ2) is 7.16. The molecule has 23 heavy (non-hydrogen) atoms. The van der Waals surface area contributed by atoms with Crippen molar-refractivity contribution in [1.29, 1.82) is 0 Å². The molecule has 1 amide bonds. The van der Waals surface area contributed by atoms with Crippen LogP contribution in [0.1, 0.15) is 36.8 Å². The molecule has 0 unspecified atom stereocenters. The van der Waals surface area contributed by atoms with E-state index in [0.29, 0.717) is 12.3 Å². The number of anilines is 1. The van der Waals surface area contributed by atoms with Gasteiger partial charge in [-0.3, -0.25) is 4.79 Å². The normalized spacial score (nSPS) is 22.1. The zero-order valence-corrected chi connectivity index (χ0v) is 14.1. The van der Waals surface area contributed by atoms with Crippen LogP contribution in [0.5, 0.6) is 0 Å². The van der Waals surface area contributed by atoms with Gasteiger partial charge in [0.15, 0.2) is 0 Å². The van der Waals surface area contributed by atoms with E-state index in [2.05, 4.69) is 24.4 Å². The van der Waals surface area contributed by atoms with Crippen LogP contribution in [-0.4, -0.2) is 11.4 Å². The van der Waals surface area contributed by atoms with Gasteiger partial charge in [0.25, 0.3) is 0 Å². The van der Waals surface area contributed by atoms with E-state index in [1.54, 1.807) is 0 Å². The van der Waals surface area contributed by atoms with Crippen LogP contribution in [0, 0.1) is 0 Å². The van der Waals surface area contributed by atoms with E-state index < -0.39 is 0 Å². The van der Waals surface area contributed by atoms with E-state index in [4.69, 9.17) is 5.73 Å². The molecule has 122 valence electrons. The lowest BCUT2D eigenvalue weighted by molar-refractivity contribution is -0.115. The molecule has 0 radical (unpaired) electrons. The molecule has 0 aliphatic heterocycles. The second-order valence-electron chi connectivity index (χ2n) is 6.18. The fourth-order valence-corrected chi connectivity index (χ4v) is 2.95. The van der Waals surface area contributed by atoms with Crippen molar-refractivity contribution in [3.05, 3.63) is 65.7 Å². The number of amides is 1. The number of hydrogen-bond donors (Lipinski definition) is 2. The van der Waals surface area contributed by atoms with E-state index in [-0.39, 0.29) is 23.9 Å². The van der Waals surface area contributed by atoms with Crippen molar-refractivity contribution < 1.29 is 4.79 Å². The Bertz CT molecular complexity index is 657. The van der Waals surface area contributed by atoms with Crippen LogP contribution in [0.2, 0.25) is 0 Å². The van der Waals surface area contributed by atoms with Crippen LogP contribution in [0.4, 0.5) is 5.69 Å². The monoisotopic (exact) mass is 330 g/mol. The fourth-order valence-electron chi connectivity index (χ4n) is 2.95. The van der Waals surface area contributed by atoms with Crippen molar-refractivity contribution >= 4 is 24.0 Å². The van der Waals surface area contributed by atoms with Gasteiger partial charge in [-0.2, -0.15) is 0 Å². The predicted molar refractivity (Wildman–Crippen MR) is 97.0 cm³/mol. The van der Waals surface area contributed by atoms with Gasteiger partial charge >= 0.3 is 0 Å². The summed E-state index contributed by atoms with van der Waals surface area (Å²) < 4.78 is 0. The minimum atomic E-state index is -0.0158. The average Bonchev–Trinajstić information content (AvgIpc) is 3.22. The first kappa shape index (κ1) is 17.5. The lowest BCUT2D eigenvalue weighted by Gasteiger charge is -2.09. The summed E-state index contributed by atoms with van der Waals surface area (Å²) in [5.41, 5.74) is 9.37. The molecule has 1 saturated carbocycles. The summed E-state index contributed by atoms with van der Waals surface area (Å²) in [6.07, 6.45) is 2.46. The Labute approximate surface area is 143 Å². The summed E-state index contributed by atoms with van der Waals surface area (Å²) in [5, 5.41) is 2.94.